The smallest absolute Gasteiger partial charge is 0.328 e. The molecule has 0 aromatic heterocycles. The van der Waals surface area contributed by atoms with Crippen LogP contribution in [0.3, 0.4) is 0 Å². The Morgan fingerprint density at radius 2 is 1.88 bits per heavy atom. The van der Waals surface area contributed by atoms with Crippen LogP contribution in [0.2, 0.25) is 0 Å². The Bertz CT molecular complexity index is 264. The summed E-state index contributed by atoms with van der Waals surface area (Å²) in [7, 11) is 0. The van der Waals surface area contributed by atoms with E-state index in [2.05, 4.69) is 10.6 Å². The molecule has 4 N–H and O–H groups in total. The van der Waals surface area contributed by atoms with Crippen LogP contribution in [0.4, 0.5) is 0 Å². The van der Waals surface area contributed by atoms with Crippen LogP contribution in [-0.2, 0) is 9.59 Å². The minimum Gasteiger partial charge on any atom is -0.480 e. The van der Waals surface area contributed by atoms with Gasteiger partial charge in [0.25, 0.3) is 0 Å². The van der Waals surface area contributed by atoms with Crippen molar-refractivity contribution in [2.45, 2.75) is 45.4 Å². The number of aliphatic hydroxyl groups excluding tert-OH is 1. The van der Waals surface area contributed by atoms with Crippen molar-refractivity contribution < 1.29 is 19.8 Å². The Morgan fingerprint density at radius 3 is 2.19 bits per heavy atom. The lowest BCUT2D eigenvalue weighted by molar-refractivity contribution is -0.145. The largest absolute Gasteiger partial charge is 0.480 e. The fourth-order valence-corrected chi connectivity index (χ4v) is 1.23. The zero-order chi connectivity index (χ0) is 12.9. The van der Waals surface area contributed by atoms with Gasteiger partial charge in [0.15, 0.2) is 6.04 Å². The molecule has 0 saturated heterocycles. The Hall–Kier alpha value is -1.14. The molecule has 1 amide bonds. The van der Waals surface area contributed by atoms with Gasteiger partial charge in [-0.25, -0.2) is 4.79 Å². The first-order chi connectivity index (χ1) is 7.22. The van der Waals surface area contributed by atoms with E-state index in [1.807, 2.05) is 6.92 Å². The summed E-state index contributed by atoms with van der Waals surface area (Å²) in [6.45, 7) is 7.05. The van der Waals surface area contributed by atoms with Crippen molar-refractivity contribution in [1.82, 2.24) is 10.6 Å². The topological polar surface area (TPSA) is 98.7 Å². The van der Waals surface area contributed by atoms with Crippen molar-refractivity contribution in [3.8, 4) is 0 Å². The predicted octanol–water partition coefficient (Wildman–Crippen LogP) is -0.675. The number of aliphatic carboxylic acids is 1. The summed E-state index contributed by atoms with van der Waals surface area (Å²) in [5.74, 6) is -1.71. The molecule has 0 aromatic rings. The summed E-state index contributed by atoms with van der Waals surface area (Å²) >= 11 is 0. The zero-order valence-electron chi connectivity index (χ0n) is 10.1. The third-order valence-electron chi connectivity index (χ3n) is 2.22. The first-order valence-corrected chi connectivity index (χ1v) is 5.19. The summed E-state index contributed by atoms with van der Waals surface area (Å²) in [4.78, 5) is 22.5. The van der Waals surface area contributed by atoms with Crippen LogP contribution in [0, 0.1) is 0 Å². The van der Waals surface area contributed by atoms with Gasteiger partial charge in [-0.15, -0.1) is 0 Å². The second-order valence-corrected chi connectivity index (χ2v) is 4.19. The van der Waals surface area contributed by atoms with Gasteiger partial charge in [-0.3, -0.25) is 4.79 Å². The minimum absolute atomic E-state index is 0.456. The molecule has 94 valence electrons. The molecule has 0 aliphatic rings. The molecule has 0 aromatic carbocycles. The highest BCUT2D eigenvalue weighted by atomic mass is 16.4. The number of hydrogen-bond acceptors (Lipinski definition) is 4. The molecular formula is C10H20N2O4. The second-order valence-electron chi connectivity index (χ2n) is 4.19. The lowest BCUT2D eigenvalue weighted by Crippen LogP contribution is -2.58. The van der Waals surface area contributed by atoms with Crippen LogP contribution < -0.4 is 10.6 Å². The van der Waals surface area contributed by atoms with Crippen molar-refractivity contribution in [1.29, 1.82) is 0 Å². The highest BCUT2D eigenvalue weighted by molar-refractivity contribution is 5.89. The number of carbonyl (C=O) groups is 2. The highest BCUT2D eigenvalue weighted by Gasteiger charge is 2.32. The van der Waals surface area contributed by atoms with Crippen LogP contribution in [-0.4, -0.2) is 46.3 Å². The van der Waals surface area contributed by atoms with E-state index >= 15 is 0 Å². The van der Waals surface area contributed by atoms with Gasteiger partial charge in [-0.2, -0.15) is 0 Å². The van der Waals surface area contributed by atoms with Gasteiger partial charge in [-0.05, 0) is 27.3 Å². The molecule has 0 rings (SSSR count). The molecule has 16 heavy (non-hydrogen) atoms. The van der Waals surface area contributed by atoms with E-state index in [0.717, 1.165) is 0 Å². The zero-order valence-corrected chi connectivity index (χ0v) is 10.1. The van der Waals surface area contributed by atoms with E-state index in [-0.39, 0.29) is 0 Å². The number of likely N-dealkylation sites (N-methyl/N-ethyl adjacent to an activating group) is 1. The fraction of sp³-hybridized carbons (Fsp3) is 0.800. The second kappa shape index (κ2) is 5.81. The molecule has 6 nitrogen and oxygen atoms in total. The minimum atomic E-state index is -1.29. The monoisotopic (exact) mass is 232 g/mol. The van der Waals surface area contributed by atoms with Crippen molar-refractivity contribution >= 4 is 11.9 Å². The van der Waals surface area contributed by atoms with Gasteiger partial charge in [0.2, 0.25) is 5.91 Å². The normalized spacial score (nSPS) is 15.3. The average molecular weight is 232 g/mol. The highest BCUT2D eigenvalue weighted by Crippen LogP contribution is 2.03. The molecule has 0 aliphatic carbocycles. The van der Waals surface area contributed by atoms with Gasteiger partial charge >= 0.3 is 5.97 Å². The summed E-state index contributed by atoms with van der Waals surface area (Å²) < 4.78 is 0. The molecule has 0 radical (unpaired) electrons. The average Bonchev–Trinajstić information content (AvgIpc) is 2.12. The maximum absolute atomic E-state index is 11.7. The first-order valence-electron chi connectivity index (χ1n) is 5.19. The Morgan fingerprint density at radius 1 is 1.38 bits per heavy atom. The Balaban J connectivity index is 4.58. The van der Waals surface area contributed by atoms with Gasteiger partial charge in [0.05, 0.1) is 11.6 Å². The molecule has 2 atom stereocenters. The van der Waals surface area contributed by atoms with Crippen LogP contribution in [0.25, 0.3) is 0 Å². The standard InChI is InChI=1S/C10H20N2O4/c1-5-11-10(3,4)9(16)12-7(6(2)13)8(14)15/h6-7,11,13H,5H2,1-4H3,(H,12,16)(H,14,15). The molecule has 0 saturated carbocycles. The quantitative estimate of drug-likeness (QED) is 0.486. The number of nitrogens with one attached hydrogen (secondary N) is 2. The van der Waals surface area contributed by atoms with E-state index in [9.17, 15) is 14.7 Å². The van der Waals surface area contributed by atoms with Crippen LogP contribution in [0.1, 0.15) is 27.7 Å². The summed E-state index contributed by atoms with van der Waals surface area (Å²) in [6, 6.07) is -1.29. The maximum atomic E-state index is 11.7. The van der Waals surface area contributed by atoms with Crippen molar-refractivity contribution in [3.05, 3.63) is 0 Å². The summed E-state index contributed by atoms with van der Waals surface area (Å²) in [6.07, 6.45) is -1.14. The van der Waals surface area contributed by atoms with Crippen molar-refractivity contribution in [2.24, 2.45) is 0 Å². The Labute approximate surface area is 95.0 Å². The number of carboxylic acid groups (broad SMARTS) is 1. The molecule has 6 heteroatoms. The third-order valence-corrected chi connectivity index (χ3v) is 2.22. The van der Waals surface area contributed by atoms with Gasteiger partial charge < -0.3 is 20.8 Å². The van der Waals surface area contributed by atoms with E-state index in [1.165, 1.54) is 6.92 Å². The number of carboxylic acids is 1. The lowest BCUT2D eigenvalue weighted by atomic mass is 10.0. The van der Waals surface area contributed by atoms with Crippen molar-refractivity contribution in [3.63, 3.8) is 0 Å². The SMILES string of the molecule is CCNC(C)(C)C(=O)NC(C(=O)O)C(C)O. The number of rotatable bonds is 6. The number of carbonyl (C=O) groups excluding carboxylic acids is 1. The van der Waals surface area contributed by atoms with E-state index in [1.54, 1.807) is 13.8 Å². The maximum Gasteiger partial charge on any atom is 0.328 e. The number of hydrogen-bond donors (Lipinski definition) is 4. The fourth-order valence-electron chi connectivity index (χ4n) is 1.23. The lowest BCUT2D eigenvalue weighted by Gasteiger charge is -2.27. The van der Waals surface area contributed by atoms with Gasteiger partial charge in [0.1, 0.15) is 0 Å². The molecule has 0 aliphatic heterocycles. The summed E-state index contributed by atoms with van der Waals surface area (Å²) in [5, 5.41) is 23.2. The van der Waals surface area contributed by atoms with Gasteiger partial charge in [-0.1, -0.05) is 6.92 Å². The third kappa shape index (κ3) is 4.16. The van der Waals surface area contributed by atoms with E-state index in [4.69, 9.17) is 5.11 Å². The molecule has 2 unspecified atom stereocenters. The predicted molar refractivity (Wildman–Crippen MR) is 59.0 cm³/mol. The molecular weight excluding hydrogens is 212 g/mol. The molecule has 0 fully saturated rings. The van der Waals surface area contributed by atoms with Gasteiger partial charge in [0, 0.05) is 0 Å². The van der Waals surface area contributed by atoms with Crippen molar-refractivity contribution in [2.75, 3.05) is 6.54 Å². The van der Waals surface area contributed by atoms with E-state index < -0.39 is 29.6 Å². The van der Waals surface area contributed by atoms with Crippen LogP contribution in [0.15, 0.2) is 0 Å². The number of amides is 1. The van der Waals surface area contributed by atoms with Crippen LogP contribution in [0.5, 0.6) is 0 Å². The van der Waals surface area contributed by atoms with Crippen LogP contribution >= 0.6 is 0 Å². The molecule has 0 heterocycles. The van der Waals surface area contributed by atoms with E-state index in [0.29, 0.717) is 6.54 Å². The first kappa shape index (κ1) is 14.9. The molecule has 0 spiro atoms. The summed E-state index contributed by atoms with van der Waals surface area (Å²) in [5.41, 5.74) is -0.864. The Kier molecular flexibility index (Phi) is 5.40. The number of aliphatic hydroxyl groups is 1. The molecule has 0 bridgehead atoms.